The number of aliphatic hydroxyl groups excluding tert-OH is 1. The van der Waals surface area contributed by atoms with Gasteiger partial charge in [0.05, 0.1) is 6.10 Å². The highest BCUT2D eigenvalue weighted by Gasteiger charge is 2.27. The summed E-state index contributed by atoms with van der Waals surface area (Å²) in [4.78, 5) is 2.32. The Balaban J connectivity index is 2.03. The van der Waals surface area contributed by atoms with Gasteiger partial charge in [-0.25, -0.2) is 0 Å². The van der Waals surface area contributed by atoms with E-state index in [0.717, 1.165) is 19.6 Å². The normalized spacial score (nSPS) is 25.5. The Morgan fingerprint density at radius 3 is 2.76 bits per heavy atom. The summed E-state index contributed by atoms with van der Waals surface area (Å²) < 4.78 is 0. The van der Waals surface area contributed by atoms with Crippen LogP contribution in [0, 0.1) is 0 Å². The van der Waals surface area contributed by atoms with Crippen molar-refractivity contribution in [3.8, 4) is 0 Å². The van der Waals surface area contributed by atoms with Crippen LogP contribution in [0.1, 0.15) is 19.4 Å². The fraction of sp³-hybridized carbons (Fsp3) is 0.571. The van der Waals surface area contributed by atoms with E-state index in [-0.39, 0.29) is 11.6 Å². The number of benzene rings is 1. The molecular weight excluding hydrogens is 212 g/mol. The van der Waals surface area contributed by atoms with E-state index >= 15 is 0 Å². The van der Waals surface area contributed by atoms with Crippen molar-refractivity contribution in [1.82, 2.24) is 10.2 Å². The van der Waals surface area contributed by atoms with Gasteiger partial charge in [-0.15, -0.1) is 0 Å². The Hall–Kier alpha value is -0.900. The molecule has 94 valence electrons. The first-order chi connectivity index (χ1) is 8.05. The third-order valence-corrected chi connectivity index (χ3v) is 3.15. The molecule has 3 nitrogen and oxygen atoms in total. The third kappa shape index (κ3) is 3.80. The van der Waals surface area contributed by atoms with Crippen molar-refractivity contribution in [3.05, 3.63) is 35.9 Å². The largest absolute Gasteiger partial charge is 0.390 e. The number of hydrogen-bond donors (Lipinski definition) is 2. The molecule has 0 aromatic heterocycles. The molecule has 2 N–H and O–H groups in total. The molecule has 1 atom stereocenters. The van der Waals surface area contributed by atoms with Gasteiger partial charge in [-0.1, -0.05) is 30.3 Å². The standard InChI is InChI=1S/C14H22N2O/c1-14(2)11-16(10-13(17)8-15-14)9-12-6-4-3-5-7-12/h3-7,13,15,17H,8-11H2,1-2H3. The minimum Gasteiger partial charge on any atom is -0.390 e. The number of rotatable bonds is 2. The molecule has 0 spiro atoms. The second-order valence-electron chi connectivity index (χ2n) is 5.57. The lowest BCUT2D eigenvalue weighted by Gasteiger charge is -2.29. The molecular formula is C14H22N2O. The Morgan fingerprint density at radius 1 is 1.35 bits per heavy atom. The fourth-order valence-electron chi connectivity index (χ4n) is 2.40. The number of nitrogens with one attached hydrogen (secondary N) is 1. The molecule has 0 amide bonds. The smallest absolute Gasteiger partial charge is 0.0791 e. The highest BCUT2D eigenvalue weighted by molar-refractivity contribution is 5.14. The number of nitrogens with zero attached hydrogens (tertiary/aromatic N) is 1. The van der Waals surface area contributed by atoms with Crippen LogP contribution in [0.15, 0.2) is 30.3 Å². The van der Waals surface area contributed by atoms with Crippen LogP contribution in [-0.2, 0) is 6.54 Å². The van der Waals surface area contributed by atoms with Crippen molar-refractivity contribution in [2.45, 2.75) is 32.0 Å². The van der Waals surface area contributed by atoms with Gasteiger partial charge in [0, 0.05) is 31.7 Å². The summed E-state index contributed by atoms with van der Waals surface area (Å²) in [5.74, 6) is 0. The van der Waals surface area contributed by atoms with Gasteiger partial charge >= 0.3 is 0 Å². The molecule has 1 aliphatic heterocycles. The number of β-amino-alcohol motifs (C(OH)–C–C–N with tert-alkyl or cyclic N) is 1. The first-order valence-electron chi connectivity index (χ1n) is 6.24. The van der Waals surface area contributed by atoms with Crippen molar-refractivity contribution in [3.63, 3.8) is 0 Å². The van der Waals surface area contributed by atoms with Crippen LogP contribution in [0.4, 0.5) is 0 Å². The van der Waals surface area contributed by atoms with Gasteiger partial charge in [-0.2, -0.15) is 0 Å². The van der Waals surface area contributed by atoms with E-state index in [1.807, 2.05) is 6.07 Å². The maximum Gasteiger partial charge on any atom is 0.0791 e. The van der Waals surface area contributed by atoms with Crippen LogP contribution in [0.2, 0.25) is 0 Å². The Labute approximate surface area is 103 Å². The molecule has 1 unspecified atom stereocenters. The molecule has 3 heteroatoms. The zero-order valence-corrected chi connectivity index (χ0v) is 10.7. The first kappa shape index (κ1) is 12.6. The summed E-state index contributed by atoms with van der Waals surface area (Å²) in [5, 5.41) is 13.3. The Kier molecular flexibility index (Phi) is 3.82. The van der Waals surface area contributed by atoms with Gasteiger partial charge < -0.3 is 10.4 Å². The second kappa shape index (κ2) is 5.17. The molecule has 0 saturated carbocycles. The molecule has 1 fully saturated rings. The molecule has 1 aliphatic rings. The lowest BCUT2D eigenvalue weighted by atomic mass is 10.1. The van der Waals surface area contributed by atoms with Gasteiger partial charge in [-0.3, -0.25) is 4.90 Å². The molecule has 0 bridgehead atoms. The minimum atomic E-state index is -0.277. The second-order valence-corrected chi connectivity index (χ2v) is 5.57. The van der Waals surface area contributed by atoms with E-state index in [9.17, 15) is 5.11 Å². The number of hydrogen-bond acceptors (Lipinski definition) is 3. The highest BCUT2D eigenvalue weighted by atomic mass is 16.3. The predicted octanol–water partition coefficient (Wildman–Crippen LogP) is 1.23. The molecule has 1 heterocycles. The number of aliphatic hydroxyl groups is 1. The van der Waals surface area contributed by atoms with Crippen molar-refractivity contribution in [1.29, 1.82) is 0 Å². The van der Waals surface area contributed by atoms with Crippen molar-refractivity contribution in [2.24, 2.45) is 0 Å². The average Bonchev–Trinajstić information content (AvgIpc) is 2.39. The molecule has 1 aromatic carbocycles. The first-order valence-corrected chi connectivity index (χ1v) is 6.24. The molecule has 0 aliphatic carbocycles. The average molecular weight is 234 g/mol. The predicted molar refractivity (Wildman–Crippen MR) is 69.8 cm³/mol. The zero-order chi connectivity index (χ0) is 12.3. The lowest BCUT2D eigenvalue weighted by molar-refractivity contribution is 0.125. The van der Waals surface area contributed by atoms with Gasteiger partial charge in [-0.05, 0) is 19.4 Å². The van der Waals surface area contributed by atoms with Gasteiger partial charge in [0.1, 0.15) is 0 Å². The van der Waals surface area contributed by atoms with E-state index in [1.165, 1.54) is 5.56 Å². The summed E-state index contributed by atoms with van der Waals surface area (Å²) in [6.45, 7) is 7.65. The van der Waals surface area contributed by atoms with Crippen LogP contribution in [0.5, 0.6) is 0 Å². The van der Waals surface area contributed by atoms with Crippen molar-refractivity contribution >= 4 is 0 Å². The van der Waals surface area contributed by atoms with Gasteiger partial charge in [0.25, 0.3) is 0 Å². The summed E-state index contributed by atoms with van der Waals surface area (Å²) in [6, 6.07) is 10.4. The molecule has 17 heavy (non-hydrogen) atoms. The monoisotopic (exact) mass is 234 g/mol. The topological polar surface area (TPSA) is 35.5 Å². The van der Waals surface area contributed by atoms with Gasteiger partial charge in [0.2, 0.25) is 0 Å². The van der Waals surface area contributed by atoms with Crippen LogP contribution in [0.25, 0.3) is 0 Å². The van der Waals surface area contributed by atoms with Crippen molar-refractivity contribution < 1.29 is 5.11 Å². The summed E-state index contributed by atoms with van der Waals surface area (Å²) in [7, 11) is 0. The summed E-state index contributed by atoms with van der Waals surface area (Å²) >= 11 is 0. The summed E-state index contributed by atoms with van der Waals surface area (Å²) in [5.41, 5.74) is 1.36. The van der Waals surface area contributed by atoms with Crippen LogP contribution in [0.3, 0.4) is 0 Å². The summed E-state index contributed by atoms with van der Waals surface area (Å²) in [6.07, 6.45) is -0.277. The maximum atomic E-state index is 9.87. The maximum absolute atomic E-state index is 9.87. The van der Waals surface area contributed by atoms with E-state index in [4.69, 9.17) is 0 Å². The molecule has 0 radical (unpaired) electrons. The Morgan fingerprint density at radius 2 is 2.06 bits per heavy atom. The quantitative estimate of drug-likeness (QED) is 0.808. The van der Waals surface area contributed by atoms with E-state index in [2.05, 4.69) is 48.3 Å². The zero-order valence-electron chi connectivity index (χ0n) is 10.7. The lowest BCUT2D eigenvalue weighted by Crippen LogP contribution is -2.46. The van der Waals surface area contributed by atoms with Gasteiger partial charge in [0.15, 0.2) is 0 Å². The minimum absolute atomic E-state index is 0.0618. The van der Waals surface area contributed by atoms with E-state index in [1.54, 1.807) is 0 Å². The van der Waals surface area contributed by atoms with Crippen molar-refractivity contribution in [2.75, 3.05) is 19.6 Å². The molecule has 1 aromatic rings. The van der Waals surface area contributed by atoms with E-state index < -0.39 is 0 Å². The fourth-order valence-corrected chi connectivity index (χ4v) is 2.40. The van der Waals surface area contributed by atoms with Crippen LogP contribution >= 0.6 is 0 Å². The molecule has 1 saturated heterocycles. The Bertz CT molecular complexity index is 350. The highest BCUT2D eigenvalue weighted by Crippen LogP contribution is 2.13. The van der Waals surface area contributed by atoms with Crippen LogP contribution in [-0.4, -0.2) is 41.3 Å². The molecule has 2 rings (SSSR count). The SMILES string of the molecule is CC1(C)CN(Cc2ccccc2)CC(O)CN1. The third-order valence-electron chi connectivity index (χ3n) is 3.15. The van der Waals surface area contributed by atoms with Crippen LogP contribution < -0.4 is 5.32 Å². The van der Waals surface area contributed by atoms with E-state index in [0.29, 0.717) is 6.54 Å².